The Morgan fingerprint density at radius 3 is 2.71 bits per heavy atom. The quantitative estimate of drug-likeness (QED) is 0.753. The third-order valence-electron chi connectivity index (χ3n) is 3.77. The van der Waals surface area contributed by atoms with Crippen molar-refractivity contribution in [3.05, 3.63) is 35.9 Å². The van der Waals surface area contributed by atoms with Crippen LogP contribution in [0.5, 0.6) is 0 Å². The molecule has 0 bridgehead atoms. The molecule has 0 saturated carbocycles. The van der Waals surface area contributed by atoms with Gasteiger partial charge in [0.25, 0.3) is 0 Å². The number of aliphatic imine (C=N–C) groups is 1. The minimum Gasteiger partial charge on any atom is -0.321 e. The lowest BCUT2D eigenvalue weighted by atomic mass is 10.0. The van der Waals surface area contributed by atoms with E-state index >= 15 is 0 Å². The SMILES string of the molecule is CCC1N=C2C=Cc3ccccc3N2C1CC. The second kappa shape index (κ2) is 4.02. The molecule has 0 amide bonds. The number of anilines is 1. The van der Waals surface area contributed by atoms with Crippen molar-refractivity contribution in [1.29, 1.82) is 0 Å². The Morgan fingerprint density at radius 2 is 1.94 bits per heavy atom. The summed E-state index contributed by atoms with van der Waals surface area (Å²) in [5, 5.41) is 0. The molecule has 0 N–H and O–H groups in total. The largest absolute Gasteiger partial charge is 0.321 e. The van der Waals surface area contributed by atoms with Gasteiger partial charge in [0.15, 0.2) is 0 Å². The topological polar surface area (TPSA) is 15.6 Å². The summed E-state index contributed by atoms with van der Waals surface area (Å²) in [4.78, 5) is 7.26. The minimum atomic E-state index is 0.450. The lowest BCUT2D eigenvalue weighted by Gasteiger charge is -2.32. The summed E-state index contributed by atoms with van der Waals surface area (Å²) in [7, 11) is 0. The molecule has 0 radical (unpaired) electrons. The molecule has 0 spiro atoms. The van der Waals surface area contributed by atoms with Crippen LogP contribution in [0.1, 0.15) is 32.3 Å². The van der Waals surface area contributed by atoms with Gasteiger partial charge in [-0.15, -0.1) is 0 Å². The van der Waals surface area contributed by atoms with E-state index in [2.05, 4.69) is 55.2 Å². The number of hydrogen-bond acceptors (Lipinski definition) is 2. The fraction of sp³-hybridized carbons (Fsp3) is 0.400. The van der Waals surface area contributed by atoms with E-state index in [-0.39, 0.29) is 0 Å². The van der Waals surface area contributed by atoms with E-state index in [1.807, 2.05) is 0 Å². The summed E-state index contributed by atoms with van der Waals surface area (Å²) in [6.07, 6.45) is 6.60. The van der Waals surface area contributed by atoms with E-state index in [0.717, 1.165) is 18.7 Å². The van der Waals surface area contributed by atoms with Gasteiger partial charge in [-0.05, 0) is 36.6 Å². The molecule has 2 heterocycles. The first kappa shape index (κ1) is 10.6. The van der Waals surface area contributed by atoms with Crippen molar-refractivity contribution in [2.24, 2.45) is 4.99 Å². The lowest BCUT2D eigenvalue weighted by Crippen LogP contribution is -2.40. The number of hydrogen-bond donors (Lipinski definition) is 0. The first-order valence-electron chi connectivity index (χ1n) is 6.49. The molecule has 0 aromatic heterocycles. The van der Waals surface area contributed by atoms with Crippen LogP contribution >= 0.6 is 0 Å². The third kappa shape index (κ3) is 1.51. The maximum Gasteiger partial charge on any atom is 0.128 e. The van der Waals surface area contributed by atoms with Gasteiger partial charge in [0.2, 0.25) is 0 Å². The third-order valence-corrected chi connectivity index (χ3v) is 3.77. The van der Waals surface area contributed by atoms with Crippen LogP contribution in [-0.4, -0.2) is 17.9 Å². The van der Waals surface area contributed by atoms with Crippen LogP contribution in [0, 0.1) is 0 Å². The highest BCUT2D eigenvalue weighted by Gasteiger charge is 2.35. The second-order valence-corrected chi connectivity index (χ2v) is 4.70. The van der Waals surface area contributed by atoms with Crippen molar-refractivity contribution >= 4 is 17.6 Å². The van der Waals surface area contributed by atoms with Crippen LogP contribution in [0.4, 0.5) is 5.69 Å². The summed E-state index contributed by atoms with van der Waals surface area (Å²) in [5.41, 5.74) is 2.62. The van der Waals surface area contributed by atoms with Crippen LogP contribution in [-0.2, 0) is 0 Å². The molecular formula is C15H18N2. The van der Waals surface area contributed by atoms with Crippen LogP contribution in [0.15, 0.2) is 35.3 Å². The fourth-order valence-electron chi connectivity index (χ4n) is 2.92. The summed E-state index contributed by atoms with van der Waals surface area (Å²) in [5.74, 6) is 1.14. The van der Waals surface area contributed by atoms with E-state index in [4.69, 9.17) is 4.99 Å². The van der Waals surface area contributed by atoms with E-state index in [1.54, 1.807) is 0 Å². The maximum atomic E-state index is 4.84. The predicted octanol–water partition coefficient (Wildman–Crippen LogP) is 3.49. The molecule has 2 unspecified atom stereocenters. The van der Waals surface area contributed by atoms with E-state index in [9.17, 15) is 0 Å². The first-order chi connectivity index (χ1) is 8.35. The number of fused-ring (bicyclic) bond motifs is 3. The highest BCUT2D eigenvalue weighted by Crippen LogP contribution is 2.35. The standard InChI is InChI=1S/C15H18N2/c1-3-12-13(4-2)17-14-8-6-5-7-11(14)9-10-15(17)16-12/h5-10,12-13H,3-4H2,1-2H3. The van der Waals surface area contributed by atoms with Crippen molar-refractivity contribution in [2.75, 3.05) is 4.90 Å². The van der Waals surface area contributed by atoms with Crippen LogP contribution in [0.2, 0.25) is 0 Å². The molecule has 2 nitrogen and oxygen atoms in total. The Labute approximate surface area is 103 Å². The van der Waals surface area contributed by atoms with Crippen molar-refractivity contribution in [2.45, 2.75) is 38.8 Å². The lowest BCUT2D eigenvalue weighted by molar-refractivity contribution is 0.529. The zero-order valence-corrected chi connectivity index (χ0v) is 10.4. The van der Waals surface area contributed by atoms with Gasteiger partial charge in [-0.25, -0.2) is 0 Å². The molecule has 0 fully saturated rings. The molecule has 1 aromatic rings. The molecule has 2 heteroatoms. The number of rotatable bonds is 2. The van der Waals surface area contributed by atoms with Crippen LogP contribution in [0.25, 0.3) is 6.08 Å². The normalized spacial score (nSPS) is 25.5. The molecule has 2 aliphatic heterocycles. The summed E-state index contributed by atoms with van der Waals surface area (Å²) < 4.78 is 0. The monoisotopic (exact) mass is 226 g/mol. The average molecular weight is 226 g/mol. The number of benzene rings is 1. The van der Waals surface area contributed by atoms with Gasteiger partial charge in [0.05, 0.1) is 12.1 Å². The van der Waals surface area contributed by atoms with Gasteiger partial charge in [-0.2, -0.15) is 0 Å². The number of nitrogens with zero attached hydrogens (tertiary/aromatic N) is 2. The van der Waals surface area contributed by atoms with Crippen molar-refractivity contribution in [3.63, 3.8) is 0 Å². The Morgan fingerprint density at radius 1 is 1.12 bits per heavy atom. The fourth-order valence-corrected chi connectivity index (χ4v) is 2.92. The minimum absolute atomic E-state index is 0.450. The molecule has 2 aliphatic rings. The second-order valence-electron chi connectivity index (χ2n) is 4.70. The van der Waals surface area contributed by atoms with E-state index in [0.29, 0.717) is 12.1 Å². The average Bonchev–Trinajstić information content (AvgIpc) is 2.76. The molecule has 3 rings (SSSR count). The molecule has 17 heavy (non-hydrogen) atoms. The smallest absolute Gasteiger partial charge is 0.128 e. The van der Waals surface area contributed by atoms with Crippen LogP contribution in [0.3, 0.4) is 0 Å². The van der Waals surface area contributed by atoms with Gasteiger partial charge in [-0.3, -0.25) is 4.99 Å². The predicted molar refractivity (Wildman–Crippen MR) is 73.5 cm³/mol. The number of amidine groups is 1. The Bertz CT molecular complexity index is 487. The van der Waals surface area contributed by atoms with Gasteiger partial charge < -0.3 is 4.90 Å². The maximum absolute atomic E-state index is 4.84. The molecule has 88 valence electrons. The molecule has 0 aliphatic carbocycles. The van der Waals surface area contributed by atoms with Crippen LogP contribution < -0.4 is 4.90 Å². The van der Waals surface area contributed by atoms with Crippen molar-refractivity contribution in [1.82, 2.24) is 0 Å². The molecule has 1 aromatic carbocycles. The zero-order valence-electron chi connectivity index (χ0n) is 10.4. The Balaban J connectivity index is 2.08. The summed E-state index contributed by atoms with van der Waals surface area (Å²) in [6.45, 7) is 4.48. The van der Waals surface area contributed by atoms with Crippen molar-refractivity contribution in [3.8, 4) is 0 Å². The number of para-hydroxylation sites is 1. The highest BCUT2D eigenvalue weighted by molar-refractivity contribution is 6.13. The molecule has 2 atom stereocenters. The Kier molecular flexibility index (Phi) is 2.50. The Hall–Kier alpha value is -1.57. The molecular weight excluding hydrogens is 208 g/mol. The first-order valence-corrected chi connectivity index (χ1v) is 6.49. The van der Waals surface area contributed by atoms with Gasteiger partial charge in [0.1, 0.15) is 5.84 Å². The van der Waals surface area contributed by atoms with E-state index in [1.165, 1.54) is 11.3 Å². The summed E-state index contributed by atoms with van der Waals surface area (Å²) >= 11 is 0. The highest BCUT2D eigenvalue weighted by atomic mass is 15.3. The van der Waals surface area contributed by atoms with Gasteiger partial charge in [0, 0.05) is 5.69 Å². The van der Waals surface area contributed by atoms with Crippen molar-refractivity contribution < 1.29 is 0 Å². The van der Waals surface area contributed by atoms with Gasteiger partial charge in [-0.1, -0.05) is 32.0 Å². The van der Waals surface area contributed by atoms with E-state index < -0.39 is 0 Å². The summed E-state index contributed by atoms with van der Waals surface area (Å²) in [6, 6.07) is 9.57. The van der Waals surface area contributed by atoms with Gasteiger partial charge >= 0.3 is 0 Å². The molecule has 0 saturated heterocycles. The zero-order chi connectivity index (χ0) is 11.8.